The Labute approximate surface area is 248 Å². The van der Waals surface area contributed by atoms with Gasteiger partial charge >= 0.3 is 11.9 Å². The Morgan fingerprint density at radius 2 is 1.83 bits per heavy atom. The first-order chi connectivity index (χ1) is 19.8. The van der Waals surface area contributed by atoms with Crippen molar-refractivity contribution in [1.82, 2.24) is 0 Å². The number of carbonyl (C=O) groups is 2. The zero-order chi connectivity index (χ0) is 30.2. The molecule has 236 valence electrons. The number of aliphatic hydroxyl groups is 3. The molecule has 0 amide bonds. The summed E-state index contributed by atoms with van der Waals surface area (Å²) in [6.45, 7) is 7.85. The summed E-state index contributed by atoms with van der Waals surface area (Å²) >= 11 is 0. The van der Waals surface area contributed by atoms with Gasteiger partial charge in [-0.15, -0.1) is 0 Å². The molecule has 5 fully saturated rings. The first kappa shape index (κ1) is 30.5. The summed E-state index contributed by atoms with van der Waals surface area (Å²) in [6, 6.07) is 0. The van der Waals surface area contributed by atoms with Crippen LogP contribution >= 0.6 is 0 Å². The summed E-state index contributed by atoms with van der Waals surface area (Å²) in [5, 5.41) is 33.8. The largest absolute Gasteiger partial charge is 0.462 e. The fourth-order valence-corrected chi connectivity index (χ4v) is 10.4. The number of cyclic esters (lactones) is 1. The molecule has 0 aromatic carbocycles. The molecule has 0 bridgehead atoms. The molecule has 3 N–H and O–H groups in total. The molecular weight excluding hydrogens is 544 g/mol. The summed E-state index contributed by atoms with van der Waals surface area (Å²) in [4.78, 5) is 24.2. The highest BCUT2D eigenvalue weighted by molar-refractivity contribution is 5.85. The van der Waals surface area contributed by atoms with Crippen LogP contribution < -0.4 is 0 Å². The van der Waals surface area contributed by atoms with E-state index in [0.717, 1.165) is 50.5 Å². The van der Waals surface area contributed by atoms with Gasteiger partial charge in [0, 0.05) is 37.9 Å². The van der Waals surface area contributed by atoms with Crippen molar-refractivity contribution in [2.45, 2.75) is 128 Å². The van der Waals surface area contributed by atoms with Crippen LogP contribution in [0.15, 0.2) is 11.6 Å². The number of ether oxygens (including phenoxy) is 5. The monoisotopic (exact) mass is 592 g/mol. The minimum atomic E-state index is -1.08. The number of rotatable bonds is 5. The summed E-state index contributed by atoms with van der Waals surface area (Å²) in [5.41, 5.74) is -0.720. The van der Waals surface area contributed by atoms with E-state index >= 15 is 0 Å². The third kappa shape index (κ3) is 4.58. The van der Waals surface area contributed by atoms with Gasteiger partial charge in [-0.1, -0.05) is 13.8 Å². The zero-order valence-electron chi connectivity index (χ0n) is 25.5. The molecular formula is C32H48O10. The third-order valence-electron chi connectivity index (χ3n) is 12.6. The first-order valence-corrected chi connectivity index (χ1v) is 15.8. The number of carbonyl (C=O) groups excluding carboxylic acids is 2. The number of hydrogen-bond donors (Lipinski definition) is 3. The van der Waals surface area contributed by atoms with E-state index in [1.807, 2.05) is 0 Å². The summed E-state index contributed by atoms with van der Waals surface area (Å²) in [5.74, 6) is -0.234. The topological polar surface area (TPSA) is 141 Å². The lowest BCUT2D eigenvalue weighted by Gasteiger charge is -2.63. The zero-order valence-corrected chi connectivity index (χ0v) is 25.5. The van der Waals surface area contributed by atoms with Crippen LogP contribution in [0.4, 0.5) is 0 Å². The molecule has 0 aromatic rings. The average molecular weight is 593 g/mol. The van der Waals surface area contributed by atoms with Gasteiger partial charge in [-0.25, -0.2) is 4.79 Å². The van der Waals surface area contributed by atoms with E-state index in [4.69, 9.17) is 23.7 Å². The van der Waals surface area contributed by atoms with Gasteiger partial charge in [-0.3, -0.25) is 4.79 Å². The molecule has 2 heterocycles. The van der Waals surface area contributed by atoms with Gasteiger partial charge in [0.15, 0.2) is 6.29 Å². The second-order valence-electron chi connectivity index (χ2n) is 14.5. The predicted octanol–water partition coefficient (Wildman–Crippen LogP) is 2.65. The molecule has 42 heavy (non-hydrogen) atoms. The fraction of sp³-hybridized carbons (Fsp3) is 0.875. The standard InChI is InChI=1S/C32H48O10/c1-16-26(35)28(38-5)27(36)29(40-16)42-20-8-10-30(3)19(13-20)6-7-22-21(30)9-11-31(4)25(18-12-24(34)39-15-18)23(41-17(2)33)14-32(22,31)37/h12,16,19-23,25-29,35-37H,6-11,13-15H2,1-5H3/t16-,19+,20+,21+,22-,23+,25+,26+,27-,28+,29+,30+,31-,32+/m1/s1. The van der Waals surface area contributed by atoms with Crippen LogP contribution in [0.3, 0.4) is 0 Å². The van der Waals surface area contributed by atoms with Gasteiger partial charge in [-0.05, 0) is 80.6 Å². The Morgan fingerprint density at radius 1 is 1.07 bits per heavy atom. The molecule has 14 atom stereocenters. The van der Waals surface area contributed by atoms with E-state index in [0.29, 0.717) is 18.3 Å². The third-order valence-corrected chi connectivity index (χ3v) is 12.6. The molecule has 0 radical (unpaired) electrons. The molecule has 2 aliphatic heterocycles. The van der Waals surface area contributed by atoms with Gasteiger partial charge in [0.25, 0.3) is 0 Å². The number of hydrogen-bond acceptors (Lipinski definition) is 10. The van der Waals surface area contributed by atoms with Gasteiger partial charge in [-0.2, -0.15) is 0 Å². The Bertz CT molecular complexity index is 1110. The number of esters is 2. The molecule has 4 aliphatic carbocycles. The average Bonchev–Trinajstić information content (AvgIpc) is 3.44. The van der Waals surface area contributed by atoms with Crippen molar-refractivity contribution in [3.05, 3.63) is 11.6 Å². The number of aliphatic hydroxyl groups excluding tert-OH is 2. The molecule has 1 saturated heterocycles. The summed E-state index contributed by atoms with van der Waals surface area (Å²) in [7, 11) is 1.47. The maximum absolute atomic E-state index is 12.7. The van der Waals surface area contributed by atoms with Crippen LogP contribution in [0.25, 0.3) is 0 Å². The number of methoxy groups -OCH3 is 1. The lowest BCUT2D eigenvalue weighted by atomic mass is 9.43. The van der Waals surface area contributed by atoms with Crippen LogP contribution in [0.2, 0.25) is 0 Å². The summed E-state index contributed by atoms with van der Waals surface area (Å²) in [6.07, 6.45) is 3.36. The molecule has 0 aromatic heterocycles. The Hall–Kier alpha value is -1.56. The Balaban J connectivity index is 1.20. The highest BCUT2D eigenvalue weighted by atomic mass is 16.7. The molecule has 10 nitrogen and oxygen atoms in total. The minimum Gasteiger partial charge on any atom is -0.462 e. The Kier molecular flexibility index (Phi) is 7.84. The van der Waals surface area contributed by atoms with Crippen molar-refractivity contribution in [3.63, 3.8) is 0 Å². The fourth-order valence-electron chi connectivity index (χ4n) is 10.4. The van der Waals surface area contributed by atoms with Crippen LogP contribution in [0.1, 0.15) is 79.1 Å². The van der Waals surface area contributed by atoms with Crippen molar-refractivity contribution in [1.29, 1.82) is 0 Å². The highest BCUT2D eigenvalue weighted by Crippen LogP contribution is 2.70. The van der Waals surface area contributed by atoms with E-state index in [-0.39, 0.29) is 41.9 Å². The maximum Gasteiger partial charge on any atom is 0.331 e. The van der Waals surface area contributed by atoms with Gasteiger partial charge in [0.2, 0.25) is 0 Å². The lowest BCUT2D eigenvalue weighted by Crippen LogP contribution is -2.62. The minimum absolute atomic E-state index is 0.0190. The van der Waals surface area contributed by atoms with Crippen molar-refractivity contribution in [2.24, 2.45) is 34.5 Å². The van der Waals surface area contributed by atoms with E-state index in [2.05, 4.69) is 13.8 Å². The molecule has 0 spiro atoms. The van der Waals surface area contributed by atoms with Crippen molar-refractivity contribution >= 4 is 11.9 Å². The van der Waals surface area contributed by atoms with Crippen molar-refractivity contribution in [3.8, 4) is 0 Å². The van der Waals surface area contributed by atoms with Crippen LogP contribution in [0.5, 0.6) is 0 Å². The van der Waals surface area contributed by atoms with Crippen LogP contribution in [0, 0.1) is 34.5 Å². The van der Waals surface area contributed by atoms with Gasteiger partial charge in [0.05, 0.1) is 17.8 Å². The molecule has 6 rings (SSSR count). The van der Waals surface area contributed by atoms with Crippen molar-refractivity contribution in [2.75, 3.05) is 13.7 Å². The SMILES string of the molecule is CO[C@H]1[C@@H](O)[C@@H](C)O[C@@H](O[C@H]2CC[C@@]3(C)[C@@H](CC[C@@H]4[C@@H]3CC[C@]3(C)[C@@H](C5=CC(=O)OC5)[C@@H](OC(C)=O)C[C@]43O)C2)[C@@H]1O. The second kappa shape index (κ2) is 10.8. The van der Waals surface area contributed by atoms with E-state index in [1.54, 1.807) is 6.92 Å². The van der Waals surface area contributed by atoms with Crippen LogP contribution in [-0.4, -0.2) is 89.5 Å². The Morgan fingerprint density at radius 3 is 2.50 bits per heavy atom. The molecule has 4 saturated carbocycles. The lowest BCUT2D eigenvalue weighted by molar-refractivity contribution is -0.313. The van der Waals surface area contributed by atoms with E-state index < -0.39 is 47.8 Å². The summed E-state index contributed by atoms with van der Waals surface area (Å²) < 4.78 is 28.7. The van der Waals surface area contributed by atoms with Gasteiger partial charge in [0.1, 0.15) is 31.0 Å². The van der Waals surface area contributed by atoms with E-state index in [9.17, 15) is 24.9 Å². The molecule has 0 unspecified atom stereocenters. The second-order valence-corrected chi connectivity index (χ2v) is 14.5. The smallest absolute Gasteiger partial charge is 0.331 e. The molecule has 6 aliphatic rings. The number of fused-ring (bicyclic) bond motifs is 5. The van der Waals surface area contributed by atoms with Gasteiger partial charge < -0.3 is 39.0 Å². The van der Waals surface area contributed by atoms with E-state index in [1.165, 1.54) is 20.1 Å². The maximum atomic E-state index is 12.7. The molecule has 10 heteroatoms. The predicted molar refractivity (Wildman–Crippen MR) is 149 cm³/mol. The highest BCUT2D eigenvalue weighted by Gasteiger charge is 2.71. The normalized spacial score (nSPS) is 52.0. The van der Waals surface area contributed by atoms with Crippen molar-refractivity contribution < 1.29 is 48.6 Å². The quantitative estimate of drug-likeness (QED) is 0.322. The van der Waals surface area contributed by atoms with Crippen LogP contribution in [-0.2, 0) is 33.3 Å². The first-order valence-electron chi connectivity index (χ1n) is 15.8.